The van der Waals surface area contributed by atoms with Gasteiger partial charge in [-0.3, -0.25) is 0 Å². The van der Waals surface area contributed by atoms with Crippen molar-refractivity contribution in [2.24, 2.45) is 0 Å². The van der Waals surface area contributed by atoms with Crippen LogP contribution >= 0.6 is 11.8 Å². The summed E-state index contributed by atoms with van der Waals surface area (Å²) in [5.74, 6) is 2.59. The Labute approximate surface area is 119 Å². The lowest BCUT2D eigenvalue weighted by Crippen LogP contribution is -1.84. The van der Waals surface area contributed by atoms with Gasteiger partial charge in [-0.25, -0.2) is 9.37 Å². The van der Waals surface area contributed by atoms with E-state index in [1.165, 1.54) is 12.1 Å². The second-order valence-corrected chi connectivity index (χ2v) is 5.21. The molecule has 3 nitrogen and oxygen atoms in total. The van der Waals surface area contributed by atoms with Crippen molar-refractivity contribution in [2.75, 3.05) is 0 Å². The highest BCUT2D eigenvalue weighted by Gasteiger charge is 2.08. The molecule has 3 aromatic rings. The Balaban J connectivity index is 1.62. The zero-order chi connectivity index (χ0) is 13.8. The molecule has 1 aromatic carbocycles. The fourth-order valence-corrected chi connectivity index (χ4v) is 2.59. The van der Waals surface area contributed by atoms with Gasteiger partial charge in [0, 0.05) is 11.3 Å². The highest BCUT2D eigenvalue weighted by Crippen LogP contribution is 2.22. The normalized spacial score (nSPS) is 10.8. The first-order valence-electron chi connectivity index (χ1n) is 6.12. The Kier molecular flexibility index (Phi) is 3.87. The fourth-order valence-electron chi connectivity index (χ4n) is 1.78. The molecule has 0 bridgehead atoms. The predicted octanol–water partition coefficient (Wildman–Crippen LogP) is 4.51. The maximum atomic E-state index is 13.1. The number of benzene rings is 1. The molecule has 102 valence electrons. The second-order valence-electron chi connectivity index (χ2n) is 4.23. The molecule has 3 rings (SSSR count). The molecule has 0 atom stereocenters. The van der Waals surface area contributed by atoms with E-state index < -0.39 is 0 Å². The summed E-state index contributed by atoms with van der Waals surface area (Å²) in [4.78, 5) is 4.36. The van der Waals surface area contributed by atoms with Gasteiger partial charge in [0.25, 0.3) is 0 Å². The molecule has 0 radical (unpaired) electrons. The van der Waals surface area contributed by atoms with Crippen molar-refractivity contribution in [1.82, 2.24) is 4.98 Å². The number of oxazole rings is 1. The Morgan fingerprint density at radius 1 is 1.10 bits per heavy atom. The maximum Gasteiger partial charge on any atom is 0.226 e. The summed E-state index contributed by atoms with van der Waals surface area (Å²) in [5, 5.41) is 0. The van der Waals surface area contributed by atoms with Crippen LogP contribution in [-0.4, -0.2) is 4.98 Å². The summed E-state index contributed by atoms with van der Waals surface area (Å²) in [6.45, 7) is 0. The van der Waals surface area contributed by atoms with E-state index in [-0.39, 0.29) is 5.82 Å². The third-order valence-electron chi connectivity index (χ3n) is 2.70. The average molecular weight is 289 g/mol. The van der Waals surface area contributed by atoms with Crippen LogP contribution in [0.15, 0.2) is 57.8 Å². The maximum absolute atomic E-state index is 13.1. The average Bonchev–Trinajstić information content (AvgIpc) is 3.10. The van der Waals surface area contributed by atoms with Crippen LogP contribution in [-0.2, 0) is 11.5 Å². The van der Waals surface area contributed by atoms with Crippen molar-refractivity contribution in [1.29, 1.82) is 0 Å². The van der Waals surface area contributed by atoms with E-state index >= 15 is 0 Å². The summed E-state index contributed by atoms with van der Waals surface area (Å²) >= 11 is 1.69. The van der Waals surface area contributed by atoms with Gasteiger partial charge in [0.1, 0.15) is 17.8 Å². The molecule has 0 saturated carbocycles. The van der Waals surface area contributed by atoms with E-state index in [1.807, 2.05) is 12.1 Å². The lowest BCUT2D eigenvalue weighted by molar-refractivity contribution is 0.530. The molecule has 20 heavy (non-hydrogen) atoms. The number of aromatic nitrogens is 1. The summed E-state index contributed by atoms with van der Waals surface area (Å²) in [5.41, 5.74) is 1.48. The third kappa shape index (κ3) is 3.11. The number of thioether (sulfide) groups is 1. The first-order chi connectivity index (χ1) is 9.81. The van der Waals surface area contributed by atoms with Crippen molar-refractivity contribution in [3.8, 4) is 11.5 Å². The van der Waals surface area contributed by atoms with Gasteiger partial charge in [0.15, 0.2) is 0 Å². The van der Waals surface area contributed by atoms with E-state index in [9.17, 15) is 4.39 Å². The quantitative estimate of drug-likeness (QED) is 0.693. The minimum atomic E-state index is -0.297. The Morgan fingerprint density at radius 3 is 2.85 bits per heavy atom. The second kappa shape index (κ2) is 5.96. The van der Waals surface area contributed by atoms with E-state index in [4.69, 9.17) is 8.83 Å². The SMILES string of the molecule is Fc1cccc(-c2nc(CSCc3ccco3)co2)c1. The first kappa shape index (κ1) is 13.0. The number of halogens is 1. The van der Waals surface area contributed by atoms with Gasteiger partial charge in [0.05, 0.1) is 17.7 Å². The van der Waals surface area contributed by atoms with Crippen molar-refractivity contribution in [3.63, 3.8) is 0 Å². The molecule has 5 heteroatoms. The highest BCUT2D eigenvalue weighted by atomic mass is 32.2. The lowest BCUT2D eigenvalue weighted by Gasteiger charge is -1.96. The number of furan rings is 1. The molecule has 0 fully saturated rings. The smallest absolute Gasteiger partial charge is 0.226 e. The van der Waals surface area contributed by atoms with Gasteiger partial charge in [-0.2, -0.15) is 0 Å². The minimum absolute atomic E-state index is 0.297. The first-order valence-corrected chi connectivity index (χ1v) is 7.27. The number of rotatable bonds is 5. The summed E-state index contributed by atoms with van der Waals surface area (Å²) in [6.07, 6.45) is 3.27. The summed E-state index contributed by atoms with van der Waals surface area (Å²) in [6, 6.07) is 10.0. The summed E-state index contributed by atoms with van der Waals surface area (Å²) < 4.78 is 23.8. The van der Waals surface area contributed by atoms with Gasteiger partial charge < -0.3 is 8.83 Å². The lowest BCUT2D eigenvalue weighted by atomic mass is 10.2. The molecule has 2 heterocycles. The molecule has 2 aromatic heterocycles. The number of hydrogen-bond donors (Lipinski definition) is 0. The van der Waals surface area contributed by atoms with E-state index in [0.717, 1.165) is 23.0 Å². The Bertz CT molecular complexity index is 679. The van der Waals surface area contributed by atoms with Gasteiger partial charge >= 0.3 is 0 Å². The van der Waals surface area contributed by atoms with Crippen LogP contribution in [0.2, 0.25) is 0 Å². The number of nitrogens with zero attached hydrogens (tertiary/aromatic N) is 1. The van der Waals surface area contributed by atoms with E-state index in [1.54, 1.807) is 36.4 Å². The van der Waals surface area contributed by atoms with Gasteiger partial charge in [0.2, 0.25) is 5.89 Å². The molecule has 0 aliphatic carbocycles. The molecule has 0 saturated heterocycles. The molecule has 0 amide bonds. The van der Waals surface area contributed by atoms with Crippen LogP contribution in [0.3, 0.4) is 0 Å². The van der Waals surface area contributed by atoms with Crippen LogP contribution in [0.4, 0.5) is 4.39 Å². The zero-order valence-electron chi connectivity index (χ0n) is 10.6. The van der Waals surface area contributed by atoms with Crippen molar-refractivity contribution in [3.05, 3.63) is 66.2 Å². The van der Waals surface area contributed by atoms with Crippen molar-refractivity contribution < 1.29 is 13.2 Å². The standard InChI is InChI=1S/C15H12FNO2S/c16-12-4-1-3-11(7-12)15-17-13(8-19-15)9-20-10-14-5-2-6-18-14/h1-8H,9-10H2. The largest absolute Gasteiger partial charge is 0.468 e. The molecule has 0 N–H and O–H groups in total. The van der Waals surface area contributed by atoms with E-state index in [2.05, 4.69) is 4.98 Å². The predicted molar refractivity (Wildman–Crippen MR) is 75.6 cm³/mol. The van der Waals surface area contributed by atoms with Crippen LogP contribution < -0.4 is 0 Å². The van der Waals surface area contributed by atoms with Crippen LogP contribution in [0.5, 0.6) is 0 Å². The molecular formula is C15H12FNO2S. The Morgan fingerprint density at radius 2 is 2.05 bits per heavy atom. The highest BCUT2D eigenvalue weighted by molar-refractivity contribution is 7.97. The molecule has 0 aliphatic heterocycles. The number of hydrogen-bond acceptors (Lipinski definition) is 4. The van der Waals surface area contributed by atoms with Gasteiger partial charge in [-0.1, -0.05) is 6.07 Å². The van der Waals surface area contributed by atoms with Crippen LogP contribution in [0.1, 0.15) is 11.5 Å². The Hall–Kier alpha value is -2.01. The molecule has 0 spiro atoms. The van der Waals surface area contributed by atoms with Crippen molar-refractivity contribution in [2.45, 2.75) is 11.5 Å². The summed E-state index contributed by atoms with van der Waals surface area (Å²) in [7, 11) is 0. The van der Waals surface area contributed by atoms with Gasteiger partial charge in [-0.15, -0.1) is 11.8 Å². The minimum Gasteiger partial charge on any atom is -0.468 e. The molecule has 0 unspecified atom stereocenters. The van der Waals surface area contributed by atoms with Gasteiger partial charge in [-0.05, 0) is 30.3 Å². The molecular weight excluding hydrogens is 277 g/mol. The van der Waals surface area contributed by atoms with Crippen LogP contribution in [0, 0.1) is 5.82 Å². The molecule has 0 aliphatic rings. The monoisotopic (exact) mass is 289 g/mol. The fraction of sp³-hybridized carbons (Fsp3) is 0.133. The van der Waals surface area contributed by atoms with Crippen LogP contribution in [0.25, 0.3) is 11.5 Å². The van der Waals surface area contributed by atoms with E-state index in [0.29, 0.717) is 11.5 Å². The zero-order valence-corrected chi connectivity index (χ0v) is 11.4. The van der Waals surface area contributed by atoms with Crippen molar-refractivity contribution >= 4 is 11.8 Å². The topological polar surface area (TPSA) is 39.2 Å². The third-order valence-corrected chi connectivity index (χ3v) is 3.69.